The van der Waals surface area contributed by atoms with Crippen LogP contribution in [-0.4, -0.2) is 4.98 Å². The molecule has 0 spiro atoms. The topological polar surface area (TPSA) is 38.9 Å². The molecule has 4 heteroatoms. The van der Waals surface area contributed by atoms with E-state index < -0.39 is 5.82 Å². The molecule has 1 heterocycles. The van der Waals surface area contributed by atoms with E-state index in [1.54, 1.807) is 6.07 Å². The first-order valence-corrected chi connectivity index (χ1v) is 5.04. The molecule has 0 amide bonds. The standard InChI is InChI=1S/C11H10ClFN2/c1-2-6-5-7-8(12)3-4-9(13)10(7)15-11(6)14/h3-5H,2H2,1H3,(H2,14,15). The van der Waals surface area contributed by atoms with Crippen LogP contribution in [0.15, 0.2) is 18.2 Å². The van der Waals surface area contributed by atoms with Gasteiger partial charge in [0.15, 0.2) is 0 Å². The Morgan fingerprint density at radius 1 is 1.47 bits per heavy atom. The third kappa shape index (κ3) is 1.63. The Labute approximate surface area is 91.9 Å². The number of pyridine rings is 1. The van der Waals surface area contributed by atoms with E-state index in [2.05, 4.69) is 4.98 Å². The number of nitrogens with zero attached hydrogens (tertiary/aromatic N) is 1. The maximum absolute atomic E-state index is 13.4. The van der Waals surface area contributed by atoms with Crippen LogP contribution in [0.5, 0.6) is 0 Å². The Bertz CT molecular complexity index is 525. The second kappa shape index (κ2) is 3.66. The average Bonchev–Trinajstić information content (AvgIpc) is 2.23. The van der Waals surface area contributed by atoms with Crippen molar-refractivity contribution >= 4 is 28.3 Å². The molecule has 0 saturated carbocycles. The van der Waals surface area contributed by atoms with Gasteiger partial charge in [0.25, 0.3) is 0 Å². The predicted octanol–water partition coefficient (Wildman–Crippen LogP) is 3.17. The zero-order chi connectivity index (χ0) is 11.0. The minimum absolute atomic E-state index is 0.234. The molecule has 2 aromatic rings. The van der Waals surface area contributed by atoms with E-state index in [0.717, 1.165) is 12.0 Å². The molecule has 0 atom stereocenters. The van der Waals surface area contributed by atoms with Crippen molar-refractivity contribution < 1.29 is 4.39 Å². The molecule has 2 rings (SSSR count). The van der Waals surface area contributed by atoms with Crippen molar-refractivity contribution in [3.8, 4) is 0 Å². The molecule has 0 aliphatic heterocycles. The SMILES string of the molecule is CCc1cc2c(Cl)ccc(F)c2nc1N. The maximum Gasteiger partial charge on any atom is 0.149 e. The van der Waals surface area contributed by atoms with Crippen LogP contribution in [0.4, 0.5) is 10.2 Å². The highest BCUT2D eigenvalue weighted by atomic mass is 35.5. The minimum atomic E-state index is -0.399. The van der Waals surface area contributed by atoms with Crippen LogP contribution in [0.2, 0.25) is 5.02 Å². The highest BCUT2D eigenvalue weighted by Crippen LogP contribution is 2.27. The first kappa shape index (κ1) is 10.2. The van der Waals surface area contributed by atoms with Crippen LogP contribution < -0.4 is 5.73 Å². The molecule has 0 radical (unpaired) electrons. The van der Waals surface area contributed by atoms with Gasteiger partial charge in [0.2, 0.25) is 0 Å². The predicted molar refractivity (Wildman–Crippen MR) is 60.5 cm³/mol. The summed E-state index contributed by atoms with van der Waals surface area (Å²) >= 11 is 5.96. The highest BCUT2D eigenvalue weighted by Gasteiger charge is 2.09. The van der Waals surface area contributed by atoms with Crippen molar-refractivity contribution in [2.24, 2.45) is 0 Å². The number of hydrogen-bond acceptors (Lipinski definition) is 2. The Balaban J connectivity index is 2.86. The molecule has 0 bridgehead atoms. The van der Waals surface area contributed by atoms with Crippen molar-refractivity contribution in [2.45, 2.75) is 13.3 Å². The summed E-state index contributed by atoms with van der Waals surface area (Å²) in [7, 11) is 0. The van der Waals surface area contributed by atoms with Gasteiger partial charge in [0, 0.05) is 5.39 Å². The summed E-state index contributed by atoms with van der Waals surface area (Å²) in [6, 6.07) is 4.61. The van der Waals surface area contributed by atoms with Gasteiger partial charge in [-0.1, -0.05) is 18.5 Å². The van der Waals surface area contributed by atoms with Gasteiger partial charge in [-0.3, -0.25) is 0 Å². The lowest BCUT2D eigenvalue weighted by Gasteiger charge is -2.06. The van der Waals surface area contributed by atoms with Crippen molar-refractivity contribution in [1.82, 2.24) is 4.98 Å². The normalized spacial score (nSPS) is 10.9. The van der Waals surface area contributed by atoms with Crippen molar-refractivity contribution in [1.29, 1.82) is 0 Å². The van der Waals surface area contributed by atoms with Crippen LogP contribution in [0.1, 0.15) is 12.5 Å². The van der Waals surface area contributed by atoms with E-state index in [4.69, 9.17) is 17.3 Å². The third-order valence-corrected chi connectivity index (χ3v) is 2.70. The molecule has 2 N–H and O–H groups in total. The summed E-state index contributed by atoms with van der Waals surface area (Å²) in [5.74, 6) is -0.0325. The molecule has 0 aliphatic rings. The van der Waals surface area contributed by atoms with Crippen molar-refractivity contribution in [2.75, 3.05) is 5.73 Å². The lowest BCUT2D eigenvalue weighted by molar-refractivity contribution is 0.637. The second-order valence-electron chi connectivity index (χ2n) is 3.31. The van der Waals surface area contributed by atoms with Gasteiger partial charge in [0.1, 0.15) is 17.2 Å². The molecular weight excluding hydrogens is 215 g/mol. The zero-order valence-corrected chi connectivity index (χ0v) is 8.98. The van der Waals surface area contributed by atoms with E-state index in [-0.39, 0.29) is 5.52 Å². The Kier molecular flexibility index (Phi) is 2.49. The van der Waals surface area contributed by atoms with E-state index in [9.17, 15) is 4.39 Å². The zero-order valence-electron chi connectivity index (χ0n) is 8.22. The lowest BCUT2D eigenvalue weighted by atomic mass is 10.1. The number of nitrogens with two attached hydrogens (primary N) is 1. The number of rotatable bonds is 1. The molecule has 0 aliphatic carbocycles. The van der Waals surface area contributed by atoms with Gasteiger partial charge < -0.3 is 5.73 Å². The molecule has 0 saturated heterocycles. The summed E-state index contributed by atoms with van der Waals surface area (Å²) in [5.41, 5.74) is 6.81. The number of anilines is 1. The fourth-order valence-electron chi connectivity index (χ4n) is 1.53. The fraction of sp³-hybridized carbons (Fsp3) is 0.182. The molecular formula is C11H10ClFN2. The largest absolute Gasteiger partial charge is 0.383 e. The van der Waals surface area contributed by atoms with E-state index >= 15 is 0 Å². The van der Waals surface area contributed by atoms with E-state index in [1.165, 1.54) is 12.1 Å². The van der Waals surface area contributed by atoms with Crippen LogP contribution in [0.3, 0.4) is 0 Å². The number of halogens is 2. The van der Waals surface area contributed by atoms with Crippen molar-refractivity contribution in [3.05, 3.63) is 34.6 Å². The molecule has 0 unspecified atom stereocenters. The average molecular weight is 225 g/mol. The first-order valence-electron chi connectivity index (χ1n) is 4.66. The first-order chi connectivity index (χ1) is 7.13. The number of aryl methyl sites for hydroxylation is 1. The van der Waals surface area contributed by atoms with Gasteiger partial charge in [-0.25, -0.2) is 9.37 Å². The molecule has 1 aromatic carbocycles. The third-order valence-electron chi connectivity index (χ3n) is 2.38. The molecule has 1 aromatic heterocycles. The number of aromatic nitrogens is 1. The maximum atomic E-state index is 13.4. The van der Waals surface area contributed by atoms with E-state index in [0.29, 0.717) is 16.2 Å². The number of benzene rings is 1. The Hall–Kier alpha value is -1.35. The monoisotopic (exact) mass is 224 g/mol. The van der Waals surface area contributed by atoms with Crippen LogP contribution in [-0.2, 0) is 6.42 Å². The molecule has 0 fully saturated rings. The van der Waals surface area contributed by atoms with Gasteiger partial charge in [-0.2, -0.15) is 0 Å². The quantitative estimate of drug-likeness (QED) is 0.808. The van der Waals surface area contributed by atoms with Crippen LogP contribution in [0, 0.1) is 5.82 Å². The summed E-state index contributed by atoms with van der Waals surface area (Å²) in [6.45, 7) is 1.96. The molecule has 78 valence electrons. The van der Waals surface area contributed by atoms with Gasteiger partial charge >= 0.3 is 0 Å². The minimum Gasteiger partial charge on any atom is -0.383 e. The van der Waals surface area contributed by atoms with Gasteiger partial charge in [-0.15, -0.1) is 0 Å². The second-order valence-corrected chi connectivity index (χ2v) is 3.72. The van der Waals surface area contributed by atoms with Gasteiger partial charge in [0.05, 0.1) is 5.02 Å². The Morgan fingerprint density at radius 2 is 2.20 bits per heavy atom. The Morgan fingerprint density at radius 3 is 2.87 bits per heavy atom. The smallest absolute Gasteiger partial charge is 0.149 e. The van der Waals surface area contributed by atoms with Crippen LogP contribution >= 0.6 is 11.6 Å². The van der Waals surface area contributed by atoms with Gasteiger partial charge in [-0.05, 0) is 30.2 Å². The lowest BCUT2D eigenvalue weighted by Crippen LogP contribution is -1.98. The summed E-state index contributed by atoms with van der Waals surface area (Å²) in [6.07, 6.45) is 0.752. The number of fused-ring (bicyclic) bond motifs is 1. The van der Waals surface area contributed by atoms with E-state index in [1.807, 2.05) is 6.92 Å². The number of hydrogen-bond donors (Lipinski definition) is 1. The molecule has 2 nitrogen and oxygen atoms in total. The fourth-order valence-corrected chi connectivity index (χ4v) is 1.74. The number of nitrogen functional groups attached to an aromatic ring is 1. The summed E-state index contributed by atoms with van der Waals surface area (Å²) in [4.78, 5) is 4.03. The summed E-state index contributed by atoms with van der Waals surface area (Å²) in [5, 5.41) is 1.11. The van der Waals surface area contributed by atoms with Crippen molar-refractivity contribution in [3.63, 3.8) is 0 Å². The van der Waals surface area contributed by atoms with Crippen LogP contribution in [0.25, 0.3) is 10.9 Å². The highest BCUT2D eigenvalue weighted by molar-refractivity contribution is 6.35. The molecule has 15 heavy (non-hydrogen) atoms. The summed E-state index contributed by atoms with van der Waals surface area (Å²) < 4.78 is 13.4.